The van der Waals surface area contributed by atoms with Crippen LogP contribution < -0.4 is 4.74 Å². The van der Waals surface area contributed by atoms with Gasteiger partial charge in [-0.2, -0.15) is 5.26 Å². The van der Waals surface area contributed by atoms with E-state index in [1.165, 1.54) is 12.1 Å². The van der Waals surface area contributed by atoms with Crippen LogP contribution in [-0.2, 0) is 0 Å². The van der Waals surface area contributed by atoms with E-state index in [-0.39, 0.29) is 11.9 Å². The molecule has 0 heterocycles. The van der Waals surface area contributed by atoms with Crippen LogP contribution in [0, 0.1) is 17.1 Å². The van der Waals surface area contributed by atoms with Crippen molar-refractivity contribution in [2.75, 3.05) is 0 Å². The molecule has 0 aliphatic heterocycles. The third-order valence-corrected chi connectivity index (χ3v) is 2.27. The van der Waals surface area contributed by atoms with Gasteiger partial charge in [0.1, 0.15) is 0 Å². The minimum absolute atomic E-state index is 0.0347. The van der Waals surface area contributed by atoms with Gasteiger partial charge in [0.05, 0.1) is 17.7 Å². The lowest BCUT2D eigenvalue weighted by Gasteiger charge is -2.15. The zero-order valence-corrected chi connectivity index (χ0v) is 8.96. The number of hydrogen-bond donors (Lipinski definition) is 0. The second kappa shape index (κ2) is 5.35. The molecule has 0 bridgehead atoms. The fraction of sp³-hybridized carbons (Fsp3) is 0.417. The number of rotatable bonds is 4. The van der Waals surface area contributed by atoms with Gasteiger partial charge in [0, 0.05) is 0 Å². The minimum atomic E-state index is -0.471. The van der Waals surface area contributed by atoms with Gasteiger partial charge < -0.3 is 4.74 Å². The van der Waals surface area contributed by atoms with Crippen LogP contribution in [0.3, 0.4) is 0 Å². The van der Waals surface area contributed by atoms with E-state index in [0.717, 1.165) is 12.8 Å². The first-order valence-corrected chi connectivity index (χ1v) is 5.07. The van der Waals surface area contributed by atoms with E-state index in [1.54, 1.807) is 6.07 Å². The van der Waals surface area contributed by atoms with E-state index in [2.05, 4.69) is 0 Å². The second-order valence-electron chi connectivity index (χ2n) is 3.31. The first kappa shape index (κ1) is 11.5. The fourth-order valence-electron chi connectivity index (χ4n) is 1.30. The van der Waals surface area contributed by atoms with Gasteiger partial charge in [-0.25, -0.2) is 4.39 Å². The zero-order valence-electron chi connectivity index (χ0n) is 8.96. The Kier molecular flexibility index (Phi) is 4.11. The highest BCUT2D eigenvalue weighted by molar-refractivity contribution is 5.36. The van der Waals surface area contributed by atoms with Gasteiger partial charge >= 0.3 is 0 Å². The topological polar surface area (TPSA) is 33.0 Å². The minimum Gasteiger partial charge on any atom is -0.487 e. The maximum Gasteiger partial charge on any atom is 0.166 e. The van der Waals surface area contributed by atoms with Crippen molar-refractivity contribution >= 4 is 0 Å². The number of hydrogen-bond acceptors (Lipinski definition) is 2. The normalized spacial score (nSPS) is 10.1. The molecule has 0 aliphatic carbocycles. The Balaban J connectivity index is 2.83. The Hall–Kier alpha value is -1.56. The van der Waals surface area contributed by atoms with Gasteiger partial charge in [-0.1, -0.05) is 13.8 Å². The molecular formula is C12H14FNO. The Morgan fingerprint density at radius 2 is 2.07 bits per heavy atom. The molecule has 0 N–H and O–H groups in total. The van der Waals surface area contributed by atoms with Gasteiger partial charge in [0.15, 0.2) is 11.6 Å². The highest BCUT2D eigenvalue weighted by Gasteiger charge is 2.09. The van der Waals surface area contributed by atoms with Crippen LogP contribution >= 0.6 is 0 Å². The molecule has 0 radical (unpaired) electrons. The Labute approximate surface area is 89.3 Å². The molecular weight excluding hydrogens is 193 g/mol. The highest BCUT2D eigenvalue weighted by Crippen LogP contribution is 2.20. The molecule has 0 saturated carbocycles. The average molecular weight is 207 g/mol. The molecule has 0 amide bonds. The van der Waals surface area contributed by atoms with Crippen LogP contribution in [0.25, 0.3) is 0 Å². The summed E-state index contributed by atoms with van der Waals surface area (Å²) in [7, 11) is 0. The van der Waals surface area contributed by atoms with E-state index >= 15 is 0 Å². The standard InChI is InChI=1S/C12H14FNO/c1-3-10(4-2)15-12-6-5-9(8-14)7-11(12)13/h5-7,10H,3-4H2,1-2H3. The molecule has 0 aliphatic rings. The smallest absolute Gasteiger partial charge is 0.166 e. The number of ether oxygens (including phenoxy) is 1. The van der Waals surface area contributed by atoms with Crippen LogP contribution in [0.5, 0.6) is 5.75 Å². The molecule has 80 valence electrons. The lowest BCUT2D eigenvalue weighted by Crippen LogP contribution is -2.14. The summed E-state index contributed by atoms with van der Waals surface area (Å²) < 4.78 is 18.9. The molecule has 1 rings (SSSR count). The van der Waals surface area contributed by atoms with Crippen molar-refractivity contribution in [1.29, 1.82) is 5.26 Å². The molecule has 1 aromatic rings. The van der Waals surface area contributed by atoms with Crippen molar-refractivity contribution in [3.8, 4) is 11.8 Å². The molecule has 0 unspecified atom stereocenters. The highest BCUT2D eigenvalue weighted by atomic mass is 19.1. The molecule has 3 heteroatoms. The van der Waals surface area contributed by atoms with Crippen molar-refractivity contribution in [3.63, 3.8) is 0 Å². The van der Waals surface area contributed by atoms with E-state index in [4.69, 9.17) is 10.00 Å². The van der Waals surface area contributed by atoms with Crippen LogP contribution in [0.15, 0.2) is 18.2 Å². The van der Waals surface area contributed by atoms with Gasteiger partial charge in [-0.3, -0.25) is 0 Å². The average Bonchev–Trinajstić information content (AvgIpc) is 2.27. The quantitative estimate of drug-likeness (QED) is 0.759. The molecule has 0 aromatic heterocycles. The Morgan fingerprint density at radius 3 is 2.53 bits per heavy atom. The van der Waals surface area contributed by atoms with Crippen molar-refractivity contribution in [1.82, 2.24) is 0 Å². The monoisotopic (exact) mass is 207 g/mol. The lowest BCUT2D eigenvalue weighted by molar-refractivity contribution is 0.184. The van der Waals surface area contributed by atoms with Gasteiger partial charge in [0.25, 0.3) is 0 Å². The summed E-state index contributed by atoms with van der Waals surface area (Å²) in [6.07, 6.45) is 1.72. The van der Waals surface area contributed by atoms with Gasteiger partial charge in [-0.05, 0) is 31.0 Å². The van der Waals surface area contributed by atoms with E-state index in [9.17, 15) is 4.39 Å². The third kappa shape index (κ3) is 2.95. The zero-order chi connectivity index (χ0) is 11.3. The van der Waals surface area contributed by atoms with Gasteiger partial charge in [-0.15, -0.1) is 0 Å². The summed E-state index contributed by atoms with van der Waals surface area (Å²) >= 11 is 0. The SMILES string of the molecule is CCC(CC)Oc1ccc(C#N)cc1F. The third-order valence-electron chi connectivity index (χ3n) is 2.27. The van der Waals surface area contributed by atoms with Crippen LogP contribution in [0.1, 0.15) is 32.3 Å². The summed E-state index contributed by atoms with van der Waals surface area (Å²) in [6.45, 7) is 3.99. The van der Waals surface area contributed by atoms with Crippen molar-refractivity contribution in [2.45, 2.75) is 32.8 Å². The molecule has 0 spiro atoms. The Morgan fingerprint density at radius 1 is 1.40 bits per heavy atom. The number of nitrogens with zero attached hydrogens (tertiary/aromatic N) is 1. The van der Waals surface area contributed by atoms with E-state index in [1.807, 2.05) is 19.9 Å². The molecule has 0 fully saturated rings. The summed E-state index contributed by atoms with van der Waals surface area (Å²) in [5.74, 6) is -0.247. The molecule has 15 heavy (non-hydrogen) atoms. The number of benzene rings is 1. The largest absolute Gasteiger partial charge is 0.487 e. The molecule has 0 saturated heterocycles. The van der Waals surface area contributed by atoms with Crippen LogP contribution in [0.4, 0.5) is 4.39 Å². The summed E-state index contributed by atoms with van der Waals surface area (Å²) in [4.78, 5) is 0. The lowest BCUT2D eigenvalue weighted by atomic mass is 10.2. The predicted molar refractivity (Wildman–Crippen MR) is 56.1 cm³/mol. The van der Waals surface area contributed by atoms with E-state index < -0.39 is 5.82 Å². The van der Waals surface area contributed by atoms with Crippen LogP contribution in [-0.4, -0.2) is 6.10 Å². The molecule has 1 aromatic carbocycles. The first-order chi connectivity index (χ1) is 7.21. The van der Waals surface area contributed by atoms with Crippen molar-refractivity contribution in [3.05, 3.63) is 29.6 Å². The van der Waals surface area contributed by atoms with Crippen molar-refractivity contribution in [2.24, 2.45) is 0 Å². The summed E-state index contributed by atoms with van der Waals surface area (Å²) in [5.41, 5.74) is 0.310. The summed E-state index contributed by atoms with van der Waals surface area (Å²) in [6, 6.07) is 6.14. The maximum atomic E-state index is 13.4. The molecule has 0 atom stereocenters. The number of nitriles is 1. The van der Waals surface area contributed by atoms with E-state index in [0.29, 0.717) is 5.56 Å². The maximum absolute atomic E-state index is 13.4. The first-order valence-electron chi connectivity index (χ1n) is 5.07. The Bertz CT molecular complexity index is 366. The predicted octanol–water partition coefficient (Wildman–Crippen LogP) is 3.26. The number of halogens is 1. The summed E-state index contributed by atoms with van der Waals surface area (Å²) in [5, 5.41) is 8.57. The van der Waals surface area contributed by atoms with Crippen LogP contribution in [0.2, 0.25) is 0 Å². The molecule has 2 nitrogen and oxygen atoms in total. The van der Waals surface area contributed by atoms with Crippen molar-refractivity contribution < 1.29 is 9.13 Å². The second-order valence-corrected chi connectivity index (χ2v) is 3.31. The fourth-order valence-corrected chi connectivity index (χ4v) is 1.30. The van der Waals surface area contributed by atoms with Gasteiger partial charge in [0.2, 0.25) is 0 Å².